The Kier molecular flexibility index (Phi) is 4.12. The molecule has 0 amide bonds. The lowest BCUT2D eigenvalue weighted by Crippen LogP contribution is -2.06. The minimum Gasteiger partial charge on any atom is -0.167 e. The molecule has 0 saturated carbocycles. The Labute approximate surface area is 113 Å². The van der Waals surface area contributed by atoms with Crippen molar-refractivity contribution < 1.29 is 0 Å². The number of hydrogen-bond acceptors (Lipinski definition) is 3. The van der Waals surface area contributed by atoms with Gasteiger partial charge in [0.15, 0.2) is 5.82 Å². The van der Waals surface area contributed by atoms with Crippen molar-refractivity contribution in [2.75, 3.05) is 5.88 Å². The zero-order valence-corrected chi connectivity index (χ0v) is 11.7. The van der Waals surface area contributed by atoms with E-state index in [1.165, 1.54) is 10.4 Å². The summed E-state index contributed by atoms with van der Waals surface area (Å²) in [6.07, 6.45) is 0.702. The molecule has 0 saturated heterocycles. The van der Waals surface area contributed by atoms with E-state index in [0.29, 0.717) is 12.3 Å². The molecule has 4 nitrogen and oxygen atoms in total. The lowest BCUT2D eigenvalue weighted by atomic mass is 9.97. The predicted molar refractivity (Wildman–Crippen MR) is 70.1 cm³/mol. The van der Waals surface area contributed by atoms with Crippen LogP contribution in [-0.2, 0) is 13.5 Å². The normalized spacial score (nSPS) is 12.6. The number of hydrogen-bond donors (Lipinski definition) is 0. The number of tetrazole rings is 1. The number of benzene rings is 1. The van der Waals surface area contributed by atoms with Gasteiger partial charge in [-0.05, 0) is 22.9 Å². The van der Waals surface area contributed by atoms with Crippen molar-refractivity contribution in [1.82, 2.24) is 20.2 Å². The van der Waals surface area contributed by atoms with E-state index in [4.69, 9.17) is 11.6 Å². The molecule has 17 heavy (non-hydrogen) atoms. The summed E-state index contributed by atoms with van der Waals surface area (Å²) in [5, 5.41) is 12.0. The summed E-state index contributed by atoms with van der Waals surface area (Å²) in [5.41, 5.74) is 1.18. The van der Waals surface area contributed by atoms with Crippen molar-refractivity contribution >= 4 is 27.5 Å². The lowest BCUT2D eigenvalue weighted by molar-refractivity contribution is 0.624. The van der Waals surface area contributed by atoms with Gasteiger partial charge in [-0.3, -0.25) is 0 Å². The first-order valence-electron chi connectivity index (χ1n) is 5.23. The van der Waals surface area contributed by atoms with Crippen LogP contribution in [0.4, 0.5) is 0 Å². The second-order valence-electron chi connectivity index (χ2n) is 3.81. The Bertz CT molecular complexity index is 500. The Morgan fingerprint density at radius 1 is 1.47 bits per heavy atom. The van der Waals surface area contributed by atoms with Gasteiger partial charge in [0.2, 0.25) is 0 Å². The summed E-state index contributed by atoms with van der Waals surface area (Å²) < 4.78 is 1.05. The highest BCUT2D eigenvalue weighted by Crippen LogP contribution is 2.23. The highest BCUT2D eigenvalue weighted by Gasteiger charge is 2.14. The molecular formula is C11H12BrClN4. The third-order valence-electron chi connectivity index (χ3n) is 2.49. The second-order valence-corrected chi connectivity index (χ2v) is 5.03. The van der Waals surface area contributed by atoms with Crippen LogP contribution in [0.15, 0.2) is 28.7 Å². The molecule has 0 spiro atoms. The van der Waals surface area contributed by atoms with Crippen molar-refractivity contribution in [3.63, 3.8) is 0 Å². The Balaban J connectivity index is 2.16. The van der Waals surface area contributed by atoms with E-state index in [9.17, 15) is 0 Å². The molecule has 0 aliphatic carbocycles. The van der Waals surface area contributed by atoms with E-state index in [2.05, 4.69) is 43.5 Å². The molecule has 2 aromatic rings. The topological polar surface area (TPSA) is 43.6 Å². The average Bonchev–Trinajstić information content (AvgIpc) is 2.72. The van der Waals surface area contributed by atoms with Gasteiger partial charge in [0.05, 0.1) is 7.05 Å². The molecule has 0 radical (unpaired) electrons. The number of nitrogens with zero attached hydrogens (tertiary/aromatic N) is 4. The van der Waals surface area contributed by atoms with Gasteiger partial charge in [-0.2, -0.15) is 4.80 Å². The van der Waals surface area contributed by atoms with E-state index in [-0.39, 0.29) is 5.92 Å². The van der Waals surface area contributed by atoms with Gasteiger partial charge >= 0.3 is 0 Å². The minimum atomic E-state index is 0.207. The third-order valence-corrected chi connectivity index (χ3v) is 3.35. The summed E-state index contributed by atoms with van der Waals surface area (Å²) in [7, 11) is 1.76. The molecule has 0 bridgehead atoms. The van der Waals surface area contributed by atoms with Crippen molar-refractivity contribution in [1.29, 1.82) is 0 Å². The van der Waals surface area contributed by atoms with Gasteiger partial charge in [-0.15, -0.1) is 21.8 Å². The molecule has 2 rings (SSSR count). The van der Waals surface area contributed by atoms with Crippen molar-refractivity contribution in [3.05, 3.63) is 40.1 Å². The fraction of sp³-hybridized carbons (Fsp3) is 0.364. The number of rotatable bonds is 4. The summed E-state index contributed by atoms with van der Waals surface area (Å²) in [5.74, 6) is 1.46. The molecule has 6 heteroatoms. The third kappa shape index (κ3) is 3.26. The smallest absolute Gasteiger partial charge is 0.167 e. The van der Waals surface area contributed by atoms with E-state index in [1.807, 2.05) is 12.1 Å². The fourth-order valence-corrected chi connectivity index (χ4v) is 2.35. The fourth-order valence-electron chi connectivity index (χ4n) is 1.65. The van der Waals surface area contributed by atoms with Gasteiger partial charge in [-0.1, -0.05) is 28.1 Å². The minimum absolute atomic E-state index is 0.207. The zero-order valence-electron chi connectivity index (χ0n) is 9.35. The Morgan fingerprint density at radius 3 is 2.88 bits per heavy atom. The summed E-state index contributed by atoms with van der Waals surface area (Å²) in [6, 6.07) is 8.13. The van der Waals surface area contributed by atoms with Gasteiger partial charge in [0.25, 0.3) is 0 Å². The molecule has 1 aromatic carbocycles. The van der Waals surface area contributed by atoms with Crippen molar-refractivity contribution in [2.45, 2.75) is 12.3 Å². The molecule has 1 heterocycles. The average molecular weight is 316 g/mol. The molecule has 0 aliphatic rings. The molecule has 90 valence electrons. The van der Waals surface area contributed by atoms with Gasteiger partial charge in [0, 0.05) is 22.7 Å². The maximum Gasteiger partial charge on any atom is 0.175 e. The number of halogens is 2. The first-order valence-corrected chi connectivity index (χ1v) is 6.56. The highest BCUT2D eigenvalue weighted by molar-refractivity contribution is 9.10. The Morgan fingerprint density at radius 2 is 2.29 bits per heavy atom. The van der Waals surface area contributed by atoms with Crippen LogP contribution in [0.2, 0.25) is 0 Å². The van der Waals surface area contributed by atoms with Gasteiger partial charge in [-0.25, -0.2) is 0 Å². The molecule has 0 aliphatic heterocycles. The first-order chi connectivity index (χ1) is 8.19. The number of aromatic nitrogens is 4. The zero-order chi connectivity index (χ0) is 12.3. The summed E-state index contributed by atoms with van der Waals surface area (Å²) >= 11 is 9.47. The summed E-state index contributed by atoms with van der Waals surface area (Å²) in [4.78, 5) is 1.46. The SMILES string of the molecule is Cn1nnc(CC(CCl)c2cccc(Br)c2)n1. The highest BCUT2D eigenvalue weighted by atomic mass is 79.9. The maximum absolute atomic E-state index is 6.01. The van der Waals surface area contributed by atoms with E-state index in [1.54, 1.807) is 7.05 Å². The Hall–Kier alpha value is -0.940. The van der Waals surface area contributed by atoms with Crippen LogP contribution >= 0.6 is 27.5 Å². The molecule has 0 fully saturated rings. The van der Waals surface area contributed by atoms with E-state index in [0.717, 1.165) is 10.3 Å². The van der Waals surface area contributed by atoms with Crippen LogP contribution in [0.1, 0.15) is 17.3 Å². The maximum atomic E-state index is 6.01. The first kappa shape index (κ1) is 12.5. The largest absolute Gasteiger partial charge is 0.175 e. The van der Waals surface area contributed by atoms with Crippen LogP contribution in [0.5, 0.6) is 0 Å². The predicted octanol–water partition coefficient (Wildman–Crippen LogP) is 2.54. The lowest BCUT2D eigenvalue weighted by Gasteiger charge is -2.12. The quantitative estimate of drug-likeness (QED) is 0.814. The standard InChI is InChI=1S/C11H12BrClN4/c1-17-15-11(14-16-17)6-9(7-13)8-3-2-4-10(12)5-8/h2-5,9H,6-7H2,1H3. The second kappa shape index (κ2) is 5.60. The summed E-state index contributed by atoms with van der Waals surface area (Å²) in [6.45, 7) is 0. The molecule has 1 atom stereocenters. The molecular weight excluding hydrogens is 304 g/mol. The molecule has 1 aromatic heterocycles. The van der Waals surface area contributed by atoms with Crippen LogP contribution < -0.4 is 0 Å². The number of alkyl halides is 1. The van der Waals surface area contributed by atoms with Crippen LogP contribution in [0, 0.1) is 0 Å². The van der Waals surface area contributed by atoms with Crippen LogP contribution in [0.3, 0.4) is 0 Å². The van der Waals surface area contributed by atoms with Crippen molar-refractivity contribution in [2.24, 2.45) is 7.05 Å². The van der Waals surface area contributed by atoms with Crippen LogP contribution in [-0.4, -0.2) is 26.1 Å². The molecule has 0 N–H and O–H groups in total. The van der Waals surface area contributed by atoms with Crippen molar-refractivity contribution in [3.8, 4) is 0 Å². The number of aryl methyl sites for hydroxylation is 1. The monoisotopic (exact) mass is 314 g/mol. The van der Waals surface area contributed by atoms with Gasteiger partial charge < -0.3 is 0 Å². The van der Waals surface area contributed by atoms with Crippen LogP contribution in [0.25, 0.3) is 0 Å². The van der Waals surface area contributed by atoms with E-state index < -0.39 is 0 Å². The molecule has 1 unspecified atom stereocenters. The van der Waals surface area contributed by atoms with Gasteiger partial charge in [0.1, 0.15) is 0 Å². The van der Waals surface area contributed by atoms with E-state index >= 15 is 0 Å².